The van der Waals surface area contributed by atoms with Crippen LogP contribution in [0.4, 0.5) is 0 Å². The first-order valence-corrected chi connectivity index (χ1v) is 9.29. The Hall–Kier alpha value is -2.29. The number of ether oxygens (including phenoxy) is 2. The molecule has 3 heteroatoms. The molecule has 0 unspecified atom stereocenters. The van der Waals surface area contributed by atoms with Gasteiger partial charge in [0.25, 0.3) is 0 Å². The first kappa shape index (κ1) is 17.1. The average Bonchev–Trinajstić information content (AvgIpc) is 2.90. The second-order valence-electron chi connectivity index (χ2n) is 8.67. The maximum atomic E-state index is 6.32. The SMILES string of the molecule is COc1c(C)c2c(c3c1OC(C)(C)C3)C(c1ccccc1)=NC(C)(C)C2. The summed E-state index contributed by atoms with van der Waals surface area (Å²) >= 11 is 0. The summed E-state index contributed by atoms with van der Waals surface area (Å²) in [6, 6.07) is 10.5. The molecule has 26 heavy (non-hydrogen) atoms. The van der Waals surface area contributed by atoms with E-state index in [0.717, 1.165) is 35.6 Å². The molecule has 0 radical (unpaired) electrons. The normalized spacial score (nSPS) is 19.2. The quantitative estimate of drug-likeness (QED) is 0.773. The van der Waals surface area contributed by atoms with Crippen LogP contribution in [-0.2, 0) is 12.8 Å². The zero-order chi connectivity index (χ0) is 18.7. The fourth-order valence-corrected chi connectivity index (χ4v) is 4.33. The van der Waals surface area contributed by atoms with Gasteiger partial charge in [0, 0.05) is 23.1 Å². The number of hydrogen-bond acceptors (Lipinski definition) is 3. The lowest BCUT2D eigenvalue weighted by molar-refractivity contribution is 0.134. The summed E-state index contributed by atoms with van der Waals surface area (Å²) < 4.78 is 12.1. The van der Waals surface area contributed by atoms with Crippen LogP contribution in [0.15, 0.2) is 35.3 Å². The zero-order valence-corrected chi connectivity index (χ0v) is 16.6. The minimum absolute atomic E-state index is 0.142. The van der Waals surface area contributed by atoms with Crippen molar-refractivity contribution < 1.29 is 9.47 Å². The molecule has 4 rings (SSSR count). The number of nitrogens with zero attached hydrogens (tertiary/aromatic N) is 1. The van der Waals surface area contributed by atoms with Crippen molar-refractivity contribution in [3.05, 3.63) is 58.1 Å². The molecular formula is C23H27NO2. The first-order valence-electron chi connectivity index (χ1n) is 9.29. The molecule has 0 amide bonds. The van der Waals surface area contributed by atoms with Crippen LogP contribution in [-0.4, -0.2) is 24.0 Å². The molecule has 0 N–H and O–H groups in total. The Balaban J connectivity index is 2.05. The summed E-state index contributed by atoms with van der Waals surface area (Å²) in [5.41, 5.74) is 6.90. The summed E-state index contributed by atoms with van der Waals surface area (Å²) in [4.78, 5) is 5.17. The lowest BCUT2D eigenvalue weighted by Gasteiger charge is -2.32. The molecule has 0 saturated heterocycles. The summed E-state index contributed by atoms with van der Waals surface area (Å²) in [6.07, 6.45) is 1.78. The van der Waals surface area contributed by atoms with Crippen molar-refractivity contribution in [1.29, 1.82) is 0 Å². The van der Waals surface area contributed by atoms with Gasteiger partial charge in [0.2, 0.25) is 0 Å². The van der Waals surface area contributed by atoms with Gasteiger partial charge in [-0.25, -0.2) is 0 Å². The highest BCUT2D eigenvalue weighted by Gasteiger charge is 2.40. The number of rotatable bonds is 2. The van der Waals surface area contributed by atoms with Crippen LogP contribution < -0.4 is 9.47 Å². The summed E-state index contributed by atoms with van der Waals surface area (Å²) in [6.45, 7) is 10.8. The number of fused-ring (bicyclic) bond motifs is 3. The fourth-order valence-electron chi connectivity index (χ4n) is 4.33. The van der Waals surface area contributed by atoms with Crippen molar-refractivity contribution in [2.45, 2.75) is 58.6 Å². The molecule has 2 aromatic rings. The standard InChI is InChI=1S/C23H27NO2/c1-14-16-12-22(2,3)24-19(15-10-8-7-9-11-15)18(16)17-13-23(4,5)26-21(17)20(14)25-6/h7-11H,12-13H2,1-6H3. The lowest BCUT2D eigenvalue weighted by Crippen LogP contribution is -2.31. The molecule has 0 saturated carbocycles. The van der Waals surface area contributed by atoms with Gasteiger partial charge < -0.3 is 9.47 Å². The molecule has 0 bridgehead atoms. The Morgan fingerprint density at radius 1 is 1.00 bits per heavy atom. The summed E-state index contributed by atoms with van der Waals surface area (Å²) in [5, 5.41) is 0. The van der Waals surface area contributed by atoms with Crippen LogP contribution in [0.5, 0.6) is 11.5 Å². The first-order chi connectivity index (χ1) is 12.2. The predicted octanol–water partition coefficient (Wildman–Crippen LogP) is 4.89. The van der Waals surface area contributed by atoms with Gasteiger partial charge in [-0.3, -0.25) is 4.99 Å². The number of aliphatic imine (C=N–C) groups is 1. The third kappa shape index (κ3) is 2.61. The van der Waals surface area contributed by atoms with Gasteiger partial charge in [-0.15, -0.1) is 0 Å². The lowest BCUT2D eigenvalue weighted by atomic mass is 9.79. The highest BCUT2D eigenvalue weighted by Crippen LogP contribution is 2.50. The van der Waals surface area contributed by atoms with Gasteiger partial charge in [-0.2, -0.15) is 0 Å². The van der Waals surface area contributed by atoms with Crippen molar-refractivity contribution in [1.82, 2.24) is 0 Å². The molecule has 2 heterocycles. The molecule has 0 aliphatic carbocycles. The number of methoxy groups -OCH3 is 1. The molecule has 0 fully saturated rings. The van der Waals surface area contributed by atoms with E-state index in [-0.39, 0.29) is 11.1 Å². The van der Waals surface area contributed by atoms with Crippen molar-refractivity contribution in [3.63, 3.8) is 0 Å². The van der Waals surface area contributed by atoms with E-state index < -0.39 is 0 Å². The van der Waals surface area contributed by atoms with Gasteiger partial charge in [-0.05, 0) is 52.2 Å². The Kier molecular flexibility index (Phi) is 3.69. The van der Waals surface area contributed by atoms with E-state index >= 15 is 0 Å². The van der Waals surface area contributed by atoms with Gasteiger partial charge >= 0.3 is 0 Å². The Bertz CT molecular complexity index is 908. The van der Waals surface area contributed by atoms with Crippen molar-refractivity contribution >= 4 is 5.71 Å². The van der Waals surface area contributed by atoms with E-state index in [4.69, 9.17) is 14.5 Å². The molecule has 136 valence electrons. The van der Waals surface area contributed by atoms with E-state index in [1.165, 1.54) is 22.3 Å². The molecule has 0 atom stereocenters. The third-order valence-corrected chi connectivity index (χ3v) is 5.37. The molecule has 0 aromatic heterocycles. The Morgan fingerprint density at radius 3 is 2.35 bits per heavy atom. The number of hydrogen-bond donors (Lipinski definition) is 0. The van der Waals surface area contributed by atoms with Crippen LogP contribution in [0.25, 0.3) is 0 Å². The van der Waals surface area contributed by atoms with Crippen LogP contribution >= 0.6 is 0 Å². The van der Waals surface area contributed by atoms with Crippen LogP contribution in [0, 0.1) is 6.92 Å². The van der Waals surface area contributed by atoms with Gasteiger partial charge in [0.15, 0.2) is 11.5 Å². The average molecular weight is 349 g/mol. The van der Waals surface area contributed by atoms with Crippen LogP contribution in [0.2, 0.25) is 0 Å². The molecule has 3 nitrogen and oxygen atoms in total. The van der Waals surface area contributed by atoms with E-state index in [2.05, 4.69) is 65.0 Å². The molecule has 2 aliphatic rings. The largest absolute Gasteiger partial charge is 0.493 e. The molecule has 2 aliphatic heterocycles. The minimum Gasteiger partial charge on any atom is -0.493 e. The van der Waals surface area contributed by atoms with Crippen LogP contribution in [0.1, 0.15) is 55.5 Å². The van der Waals surface area contributed by atoms with E-state index in [1.807, 2.05) is 0 Å². The Morgan fingerprint density at radius 2 is 1.69 bits per heavy atom. The molecule has 0 spiro atoms. The minimum atomic E-state index is -0.230. The van der Waals surface area contributed by atoms with Crippen molar-refractivity contribution in [3.8, 4) is 11.5 Å². The maximum Gasteiger partial charge on any atom is 0.166 e. The van der Waals surface area contributed by atoms with Crippen molar-refractivity contribution in [2.75, 3.05) is 7.11 Å². The second-order valence-corrected chi connectivity index (χ2v) is 8.67. The van der Waals surface area contributed by atoms with Gasteiger partial charge in [0.05, 0.1) is 18.4 Å². The van der Waals surface area contributed by atoms with Gasteiger partial charge in [0.1, 0.15) is 5.60 Å². The van der Waals surface area contributed by atoms with Gasteiger partial charge in [-0.1, -0.05) is 30.3 Å². The fraction of sp³-hybridized carbons (Fsp3) is 0.435. The second kappa shape index (κ2) is 5.60. The topological polar surface area (TPSA) is 30.8 Å². The van der Waals surface area contributed by atoms with E-state index in [1.54, 1.807) is 7.11 Å². The maximum absolute atomic E-state index is 6.32. The third-order valence-electron chi connectivity index (χ3n) is 5.37. The highest BCUT2D eigenvalue weighted by molar-refractivity contribution is 6.16. The predicted molar refractivity (Wildman–Crippen MR) is 106 cm³/mol. The van der Waals surface area contributed by atoms with E-state index in [9.17, 15) is 0 Å². The zero-order valence-electron chi connectivity index (χ0n) is 16.6. The molecule has 2 aromatic carbocycles. The molecular weight excluding hydrogens is 322 g/mol. The van der Waals surface area contributed by atoms with E-state index in [0.29, 0.717) is 0 Å². The summed E-state index contributed by atoms with van der Waals surface area (Å²) in [5.74, 6) is 1.78. The smallest absolute Gasteiger partial charge is 0.166 e. The number of benzene rings is 2. The Labute approximate surface area is 156 Å². The monoisotopic (exact) mass is 349 g/mol. The van der Waals surface area contributed by atoms with Crippen molar-refractivity contribution in [2.24, 2.45) is 4.99 Å². The highest BCUT2D eigenvalue weighted by atomic mass is 16.5. The van der Waals surface area contributed by atoms with Crippen LogP contribution in [0.3, 0.4) is 0 Å². The summed E-state index contributed by atoms with van der Waals surface area (Å²) in [7, 11) is 1.74.